The Kier molecular flexibility index (Phi) is 5.64. The highest BCUT2D eigenvalue weighted by atomic mass is 16.5. The molecule has 0 bridgehead atoms. The van der Waals surface area contributed by atoms with Gasteiger partial charge in [-0.2, -0.15) is 0 Å². The van der Waals surface area contributed by atoms with Gasteiger partial charge < -0.3 is 19.3 Å². The maximum atomic E-state index is 13.0. The molecule has 1 N–H and O–H groups in total. The van der Waals surface area contributed by atoms with E-state index >= 15 is 0 Å². The fourth-order valence-corrected chi connectivity index (χ4v) is 4.12. The Morgan fingerprint density at radius 3 is 2.73 bits per heavy atom. The summed E-state index contributed by atoms with van der Waals surface area (Å²) in [5.74, 6) is 0.489. The molecule has 4 rings (SSSR count). The third-order valence-corrected chi connectivity index (χ3v) is 5.78. The van der Waals surface area contributed by atoms with Crippen LogP contribution in [0.5, 0.6) is 11.5 Å². The first-order valence-electron chi connectivity index (χ1n) is 10.7. The van der Waals surface area contributed by atoms with E-state index in [9.17, 15) is 9.90 Å². The number of carbonyl (C=O) groups excluding carboxylic acids is 1. The van der Waals surface area contributed by atoms with Crippen molar-refractivity contribution in [3.05, 3.63) is 65.0 Å². The number of nitrogens with zero attached hydrogens (tertiary/aromatic N) is 1. The molecule has 1 aromatic heterocycles. The Hall–Kier alpha value is -3.05. The van der Waals surface area contributed by atoms with Gasteiger partial charge in [-0.15, -0.1) is 0 Å². The van der Waals surface area contributed by atoms with Crippen LogP contribution in [0, 0.1) is 0 Å². The van der Waals surface area contributed by atoms with Gasteiger partial charge in [0.1, 0.15) is 12.3 Å². The monoisotopic (exact) mass is 404 g/mol. The van der Waals surface area contributed by atoms with Gasteiger partial charge in [-0.1, -0.05) is 43.4 Å². The largest absolute Gasteiger partial charge is 0.872 e. The molecule has 30 heavy (non-hydrogen) atoms. The molecule has 3 aromatic rings. The quantitative estimate of drug-likeness (QED) is 0.616. The number of benzene rings is 2. The summed E-state index contributed by atoms with van der Waals surface area (Å²) >= 11 is 0. The molecule has 0 aliphatic carbocycles. The fraction of sp³-hybridized carbons (Fsp3) is 0.320. The van der Waals surface area contributed by atoms with Crippen molar-refractivity contribution in [2.45, 2.75) is 39.8 Å². The lowest BCUT2D eigenvalue weighted by molar-refractivity contribution is -0.894. The van der Waals surface area contributed by atoms with Crippen LogP contribution in [-0.2, 0) is 13.1 Å². The number of allylic oxidation sites excluding steroid dienone is 1. The topological polar surface area (TPSA) is 58.7 Å². The number of fused-ring (bicyclic) bond motifs is 2. The Labute approximate surface area is 177 Å². The second-order valence-electron chi connectivity index (χ2n) is 7.98. The van der Waals surface area contributed by atoms with Crippen LogP contribution >= 0.6 is 0 Å². The van der Waals surface area contributed by atoms with Crippen molar-refractivity contribution in [2.24, 2.45) is 0 Å². The van der Waals surface area contributed by atoms with Crippen LogP contribution in [0.4, 0.5) is 0 Å². The molecule has 0 radical (unpaired) electrons. The number of ketones is 1. The number of quaternary nitrogens is 1. The number of unbranched alkanes of at least 4 members (excludes halogenated alkanes) is 1. The summed E-state index contributed by atoms with van der Waals surface area (Å²) in [5.41, 5.74) is 3.14. The number of rotatable bonds is 7. The highest BCUT2D eigenvalue weighted by Crippen LogP contribution is 2.38. The molecule has 0 spiro atoms. The van der Waals surface area contributed by atoms with Crippen molar-refractivity contribution in [2.75, 3.05) is 13.6 Å². The zero-order valence-corrected chi connectivity index (χ0v) is 17.8. The average Bonchev–Trinajstić information content (AvgIpc) is 3.27. The Balaban J connectivity index is 1.70. The van der Waals surface area contributed by atoms with Crippen molar-refractivity contribution in [3.8, 4) is 11.5 Å². The summed E-state index contributed by atoms with van der Waals surface area (Å²) in [6.45, 7) is 6.62. The number of hydrogen-bond donors (Lipinski definition) is 1. The van der Waals surface area contributed by atoms with E-state index in [1.54, 1.807) is 12.1 Å². The van der Waals surface area contributed by atoms with Crippen LogP contribution in [0.1, 0.15) is 48.2 Å². The standard InChI is InChI=1S/C25H28N2O3/c1-4-6-13-26(3)16-20-22(28)12-11-19-24(29)23(30-25(19)20)14-17-15-27(5-2)21-10-8-7-9-18(17)21/h7-12,14-15,28H,4-6,13,16H2,1-3H3/b23-14+. The van der Waals surface area contributed by atoms with E-state index < -0.39 is 0 Å². The summed E-state index contributed by atoms with van der Waals surface area (Å²) in [6.07, 6.45) is 6.06. The van der Waals surface area contributed by atoms with Crippen molar-refractivity contribution in [1.29, 1.82) is 0 Å². The Morgan fingerprint density at radius 2 is 1.97 bits per heavy atom. The Bertz CT molecular complexity index is 1130. The number of Topliss-reactive ketones (excluding diaryl/α,β-unsaturated/α-hetero) is 1. The van der Waals surface area contributed by atoms with E-state index in [4.69, 9.17) is 4.74 Å². The number of para-hydroxylation sites is 1. The summed E-state index contributed by atoms with van der Waals surface area (Å²) < 4.78 is 8.18. The van der Waals surface area contributed by atoms with Crippen LogP contribution in [0.2, 0.25) is 0 Å². The van der Waals surface area contributed by atoms with Crippen molar-refractivity contribution in [1.82, 2.24) is 4.57 Å². The minimum Gasteiger partial charge on any atom is -0.872 e. The van der Waals surface area contributed by atoms with Crippen LogP contribution in [0.25, 0.3) is 17.0 Å². The maximum absolute atomic E-state index is 13.0. The van der Waals surface area contributed by atoms with Crippen LogP contribution in [0.15, 0.2) is 48.4 Å². The normalized spacial score (nSPS) is 15.6. The van der Waals surface area contributed by atoms with Crippen LogP contribution in [0.3, 0.4) is 0 Å². The number of ether oxygens (including phenoxy) is 1. The molecule has 1 atom stereocenters. The average molecular weight is 405 g/mol. The third-order valence-electron chi connectivity index (χ3n) is 5.78. The first kappa shape index (κ1) is 20.2. The first-order valence-corrected chi connectivity index (χ1v) is 10.7. The molecule has 2 heterocycles. The molecule has 5 heteroatoms. The lowest BCUT2D eigenvalue weighted by Gasteiger charge is -2.20. The molecular formula is C25H28N2O3. The lowest BCUT2D eigenvalue weighted by Crippen LogP contribution is -3.07. The molecule has 0 amide bonds. The number of aryl methyl sites for hydroxylation is 1. The zero-order valence-electron chi connectivity index (χ0n) is 17.8. The SMILES string of the molecule is CCCC[NH+](C)Cc1c([O-])ccc2c1O/C(=C/c1cn(CC)c3ccccc13)C2=O. The lowest BCUT2D eigenvalue weighted by atomic mass is 10.0. The third kappa shape index (κ3) is 3.61. The Morgan fingerprint density at radius 1 is 1.17 bits per heavy atom. The van der Waals surface area contributed by atoms with E-state index in [0.29, 0.717) is 23.4 Å². The maximum Gasteiger partial charge on any atom is 0.231 e. The highest BCUT2D eigenvalue weighted by Gasteiger charge is 2.31. The zero-order chi connectivity index (χ0) is 21.3. The van der Waals surface area contributed by atoms with Crippen LogP contribution < -0.4 is 14.7 Å². The molecule has 2 aromatic carbocycles. The van der Waals surface area contributed by atoms with E-state index in [1.165, 1.54) is 11.0 Å². The van der Waals surface area contributed by atoms with Gasteiger partial charge >= 0.3 is 0 Å². The second-order valence-corrected chi connectivity index (χ2v) is 7.98. The minimum absolute atomic E-state index is 0.0683. The van der Waals surface area contributed by atoms with Gasteiger partial charge in [-0.25, -0.2) is 0 Å². The van der Waals surface area contributed by atoms with Crippen molar-refractivity contribution >= 4 is 22.8 Å². The van der Waals surface area contributed by atoms with Gasteiger partial charge in [-0.05, 0) is 31.6 Å². The second kappa shape index (κ2) is 8.36. The first-order chi connectivity index (χ1) is 14.5. The summed E-state index contributed by atoms with van der Waals surface area (Å²) in [5, 5.41) is 13.6. The number of hydrogen-bond acceptors (Lipinski definition) is 3. The van der Waals surface area contributed by atoms with Crippen molar-refractivity contribution in [3.63, 3.8) is 0 Å². The van der Waals surface area contributed by atoms with Gasteiger partial charge in [0, 0.05) is 34.8 Å². The molecule has 0 fully saturated rings. The molecular weight excluding hydrogens is 376 g/mol. The predicted octanol–water partition coefficient (Wildman–Crippen LogP) is 3.17. The summed E-state index contributed by atoms with van der Waals surface area (Å²) in [4.78, 5) is 14.3. The van der Waals surface area contributed by atoms with Crippen LogP contribution in [-0.4, -0.2) is 23.9 Å². The van der Waals surface area contributed by atoms with Gasteiger partial charge in [0.25, 0.3) is 0 Å². The number of nitrogens with one attached hydrogen (secondary N) is 1. The molecule has 1 aliphatic heterocycles. The van der Waals surface area contributed by atoms with Crippen molar-refractivity contribution < 1.29 is 19.5 Å². The molecule has 1 unspecified atom stereocenters. The molecule has 5 nitrogen and oxygen atoms in total. The smallest absolute Gasteiger partial charge is 0.231 e. The number of aromatic nitrogens is 1. The molecule has 156 valence electrons. The fourth-order valence-electron chi connectivity index (χ4n) is 4.12. The van der Waals surface area contributed by atoms with Gasteiger partial charge in [0.15, 0.2) is 5.76 Å². The van der Waals surface area contributed by atoms with Gasteiger partial charge in [0.2, 0.25) is 5.78 Å². The summed E-state index contributed by atoms with van der Waals surface area (Å²) in [6, 6.07) is 11.2. The highest BCUT2D eigenvalue weighted by molar-refractivity contribution is 6.15. The summed E-state index contributed by atoms with van der Waals surface area (Å²) in [7, 11) is 2.07. The van der Waals surface area contributed by atoms with E-state index in [0.717, 1.165) is 42.4 Å². The predicted molar refractivity (Wildman–Crippen MR) is 117 cm³/mol. The minimum atomic E-state index is -0.161. The molecule has 0 saturated carbocycles. The number of carbonyl (C=O) groups is 1. The molecule has 1 aliphatic rings. The van der Waals surface area contributed by atoms with E-state index in [-0.39, 0.29) is 17.3 Å². The van der Waals surface area contributed by atoms with Gasteiger partial charge in [-0.3, -0.25) is 4.79 Å². The van der Waals surface area contributed by atoms with Gasteiger partial charge in [0.05, 0.1) is 19.2 Å². The van der Waals surface area contributed by atoms with E-state index in [1.807, 2.05) is 24.4 Å². The van der Waals surface area contributed by atoms with E-state index in [2.05, 4.69) is 31.5 Å². The molecule has 0 saturated heterocycles.